The molecule has 18 heavy (non-hydrogen) atoms. The Morgan fingerprint density at radius 2 is 1.39 bits per heavy atom. The number of carbonyl (C=O) groups is 2. The Morgan fingerprint density at radius 1 is 0.944 bits per heavy atom. The van der Waals surface area contributed by atoms with Gasteiger partial charge in [-0.2, -0.15) is 0 Å². The van der Waals surface area contributed by atoms with Crippen molar-refractivity contribution in [2.24, 2.45) is 17.3 Å². The van der Waals surface area contributed by atoms with Gasteiger partial charge in [-0.15, -0.1) is 0 Å². The van der Waals surface area contributed by atoms with Crippen molar-refractivity contribution in [1.29, 1.82) is 0 Å². The van der Waals surface area contributed by atoms with E-state index in [-0.39, 0.29) is 29.1 Å². The summed E-state index contributed by atoms with van der Waals surface area (Å²) in [7, 11) is 0. The van der Waals surface area contributed by atoms with Crippen molar-refractivity contribution in [2.45, 2.75) is 67.3 Å². The second kappa shape index (κ2) is 5.85. The van der Waals surface area contributed by atoms with Gasteiger partial charge in [0.15, 0.2) is 0 Å². The van der Waals surface area contributed by atoms with E-state index in [0.717, 1.165) is 0 Å². The van der Waals surface area contributed by atoms with Crippen LogP contribution in [-0.4, -0.2) is 17.2 Å². The number of nitrogens with one attached hydrogen (secondary N) is 1. The fourth-order valence-electron chi connectivity index (χ4n) is 2.50. The molecule has 0 fully saturated rings. The van der Waals surface area contributed by atoms with E-state index in [1.165, 1.54) is 0 Å². The van der Waals surface area contributed by atoms with Crippen LogP contribution in [0.1, 0.15) is 61.8 Å². The van der Waals surface area contributed by atoms with Gasteiger partial charge in [0.05, 0.1) is 0 Å². The van der Waals surface area contributed by atoms with Crippen LogP contribution in [0.3, 0.4) is 0 Å². The Morgan fingerprint density at radius 3 is 1.72 bits per heavy atom. The SMILES string of the molecule is CC(C)C(=O)NC(C)(C)CC(C)(C)C(=O)C(C)C. The molecule has 0 aromatic heterocycles. The van der Waals surface area contributed by atoms with Crippen molar-refractivity contribution in [1.82, 2.24) is 5.32 Å². The van der Waals surface area contributed by atoms with Crippen LogP contribution in [0.25, 0.3) is 0 Å². The van der Waals surface area contributed by atoms with E-state index < -0.39 is 5.41 Å². The van der Waals surface area contributed by atoms with Gasteiger partial charge in [-0.1, -0.05) is 41.5 Å². The number of amides is 1. The van der Waals surface area contributed by atoms with Crippen LogP contribution in [0, 0.1) is 17.3 Å². The molecule has 1 amide bonds. The zero-order valence-corrected chi connectivity index (χ0v) is 13.2. The lowest BCUT2D eigenvalue weighted by atomic mass is 9.74. The number of rotatable bonds is 6. The molecule has 0 heterocycles. The van der Waals surface area contributed by atoms with Crippen molar-refractivity contribution in [2.75, 3.05) is 0 Å². The number of Topliss-reactive ketones (excluding diaryl/α,β-unsaturated/α-hetero) is 1. The molecule has 0 radical (unpaired) electrons. The maximum atomic E-state index is 12.1. The molecule has 0 saturated heterocycles. The van der Waals surface area contributed by atoms with Gasteiger partial charge >= 0.3 is 0 Å². The minimum absolute atomic E-state index is 0.0246. The van der Waals surface area contributed by atoms with Crippen molar-refractivity contribution < 1.29 is 9.59 Å². The number of carbonyl (C=O) groups excluding carboxylic acids is 2. The highest BCUT2D eigenvalue weighted by Gasteiger charge is 2.36. The molecule has 1 N–H and O–H groups in total. The van der Waals surface area contributed by atoms with Crippen molar-refractivity contribution >= 4 is 11.7 Å². The molecule has 0 saturated carbocycles. The fourth-order valence-corrected chi connectivity index (χ4v) is 2.50. The summed E-state index contributed by atoms with van der Waals surface area (Å²) >= 11 is 0. The summed E-state index contributed by atoms with van der Waals surface area (Å²) in [4.78, 5) is 23.9. The zero-order valence-electron chi connectivity index (χ0n) is 13.2. The van der Waals surface area contributed by atoms with Crippen LogP contribution in [-0.2, 0) is 9.59 Å². The van der Waals surface area contributed by atoms with E-state index in [2.05, 4.69) is 5.32 Å². The van der Waals surface area contributed by atoms with Gasteiger partial charge in [0, 0.05) is 22.8 Å². The number of hydrogen-bond donors (Lipinski definition) is 1. The molecule has 0 aliphatic rings. The first-order valence-corrected chi connectivity index (χ1v) is 6.75. The molecule has 0 spiro atoms. The topological polar surface area (TPSA) is 46.2 Å². The Bertz CT molecular complexity index is 314. The first kappa shape index (κ1) is 17.1. The molecule has 0 aliphatic carbocycles. The lowest BCUT2D eigenvalue weighted by Crippen LogP contribution is -2.49. The molecule has 0 unspecified atom stereocenters. The Kier molecular flexibility index (Phi) is 5.57. The second-order valence-electron chi connectivity index (χ2n) is 7.11. The third-order valence-electron chi connectivity index (χ3n) is 3.06. The standard InChI is InChI=1S/C15H29NO2/c1-10(2)12(17)14(5,6)9-15(7,8)16-13(18)11(3)4/h10-11H,9H2,1-8H3,(H,16,18). The number of hydrogen-bond acceptors (Lipinski definition) is 2. The quantitative estimate of drug-likeness (QED) is 0.792. The first-order chi connectivity index (χ1) is 7.89. The molecule has 3 nitrogen and oxygen atoms in total. The summed E-state index contributed by atoms with van der Waals surface area (Å²) in [5, 5.41) is 3.01. The summed E-state index contributed by atoms with van der Waals surface area (Å²) in [5.74, 6) is 0.270. The lowest BCUT2D eigenvalue weighted by molar-refractivity contribution is -0.133. The van der Waals surface area contributed by atoms with E-state index in [9.17, 15) is 9.59 Å². The predicted molar refractivity (Wildman–Crippen MR) is 75.3 cm³/mol. The van der Waals surface area contributed by atoms with Gasteiger partial charge in [0.2, 0.25) is 5.91 Å². The smallest absolute Gasteiger partial charge is 0.222 e. The first-order valence-electron chi connectivity index (χ1n) is 6.75. The fraction of sp³-hybridized carbons (Fsp3) is 0.867. The zero-order chi connectivity index (χ0) is 14.7. The second-order valence-corrected chi connectivity index (χ2v) is 7.11. The van der Waals surface area contributed by atoms with Gasteiger partial charge in [0.1, 0.15) is 5.78 Å². The minimum atomic E-state index is -0.415. The van der Waals surface area contributed by atoms with Crippen LogP contribution in [0.5, 0.6) is 0 Å². The van der Waals surface area contributed by atoms with Gasteiger partial charge in [-0.25, -0.2) is 0 Å². The van der Waals surface area contributed by atoms with Crippen molar-refractivity contribution in [3.63, 3.8) is 0 Å². The largest absolute Gasteiger partial charge is 0.351 e. The molecule has 0 rings (SSSR count). The third kappa shape index (κ3) is 5.19. The van der Waals surface area contributed by atoms with E-state index in [1.807, 2.05) is 55.4 Å². The maximum Gasteiger partial charge on any atom is 0.222 e. The van der Waals surface area contributed by atoms with Crippen molar-refractivity contribution in [3.05, 3.63) is 0 Å². The maximum absolute atomic E-state index is 12.1. The summed E-state index contributed by atoms with van der Waals surface area (Å²) in [6.45, 7) is 15.4. The monoisotopic (exact) mass is 255 g/mol. The van der Waals surface area contributed by atoms with Crippen molar-refractivity contribution in [3.8, 4) is 0 Å². The molecular weight excluding hydrogens is 226 g/mol. The van der Waals surface area contributed by atoms with Gasteiger partial charge < -0.3 is 5.32 Å². The van der Waals surface area contributed by atoms with Crippen LogP contribution in [0.4, 0.5) is 0 Å². The lowest BCUT2D eigenvalue weighted by Gasteiger charge is -2.36. The highest BCUT2D eigenvalue weighted by molar-refractivity contribution is 5.86. The Labute approximate surface area is 112 Å². The van der Waals surface area contributed by atoms with E-state index in [4.69, 9.17) is 0 Å². The molecular formula is C15H29NO2. The highest BCUT2D eigenvalue weighted by Crippen LogP contribution is 2.31. The van der Waals surface area contributed by atoms with Crippen LogP contribution < -0.4 is 5.32 Å². The average Bonchev–Trinajstić information content (AvgIpc) is 2.13. The van der Waals surface area contributed by atoms with Gasteiger partial charge in [-0.05, 0) is 20.3 Å². The molecule has 3 heteroatoms. The van der Waals surface area contributed by atoms with E-state index >= 15 is 0 Å². The molecule has 106 valence electrons. The minimum Gasteiger partial charge on any atom is -0.351 e. The van der Waals surface area contributed by atoms with Crippen LogP contribution in [0.15, 0.2) is 0 Å². The van der Waals surface area contributed by atoms with E-state index in [1.54, 1.807) is 0 Å². The van der Waals surface area contributed by atoms with Crippen LogP contribution >= 0.6 is 0 Å². The summed E-state index contributed by atoms with van der Waals surface area (Å²) < 4.78 is 0. The van der Waals surface area contributed by atoms with Crippen LogP contribution in [0.2, 0.25) is 0 Å². The molecule has 0 aromatic carbocycles. The van der Waals surface area contributed by atoms with Gasteiger partial charge in [0.25, 0.3) is 0 Å². The molecule has 0 atom stereocenters. The normalized spacial score (nSPS) is 13.0. The molecule has 0 aromatic rings. The average molecular weight is 255 g/mol. The predicted octanol–water partition coefficient (Wildman–Crippen LogP) is 3.18. The molecule has 0 aliphatic heterocycles. The molecule has 0 bridgehead atoms. The summed E-state index contributed by atoms with van der Waals surface area (Å²) in [5.41, 5.74) is -0.780. The Hall–Kier alpha value is -0.860. The summed E-state index contributed by atoms with van der Waals surface area (Å²) in [6.07, 6.45) is 0.648. The van der Waals surface area contributed by atoms with E-state index in [0.29, 0.717) is 6.42 Å². The highest BCUT2D eigenvalue weighted by atomic mass is 16.2. The summed E-state index contributed by atoms with van der Waals surface area (Å²) in [6, 6.07) is 0. The third-order valence-corrected chi connectivity index (χ3v) is 3.06. The number of ketones is 1. The van der Waals surface area contributed by atoms with Gasteiger partial charge in [-0.3, -0.25) is 9.59 Å². The Balaban J connectivity index is 4.76.